The van der Waals surface area contributed by atoms with Gasteiger partial charge in [0.05, 0.1) is 35.2 Å². The average molecular weight is 591 g/mol. The molecule has 1 aliphatic heterocycles. The molecule has 9 nitrogen and oxygen atoms in total. The van der Waals surface area contributed by atoms with Crippen LogP contribution in [0, 0.1) is 5.82 Å². The Morgan fingerprint density at radius 2 is 1.93 bits per heavy atom. The first kappa shape index (κ1) is 29.4. The van der Waals surface area contributed by atoms with E-state index in [1.54, 1.807) is 23.2 Å². The molecule has 1 saturated heterocycles. The molecule has 1 aliphatic carbocycles. The molecule has 0 spiro atoms. The molecule has 2 amide bonds. The number of hydrogen-bond donors (Lipinski definition) is 2. The molecular weight excluding hydrogens is 559 g/mol. The molecule has 2 aromatic carbocycles. The third-order valence-electron chi connectivity index (χ3n) is 7.25. The normalized spacial score (nSPS) is 15.5. The van der Waals surface area contributed by atoms with E-state index in [-0.39, 0.29) is 16.6 Å². The minimum absolute atomic E-state index is 0.0913. The quantitative estimate of drug-likeness (QED) is 0.277. The molecule has 218 valence electrons. The number of nitrogens with one attached hydrogen (secondary N) is 1. The van der Waals surface area contributed by atoms with Crippen molar-refractivity contribution >= 4 is 46.2 Å². The number of fused-ring (bicyclic) bond motifs is 1. The molecule has 3 aromatic rings. The maximum atomic E-state index is 13.7. The summed E-state index contributed by atoms with van der Waals surface area (Å²) in [6, 6.07) is 13.2. The van der Waals surface area contributed by atoms with Crippen molar-refractivity contribution in [3.63, 3.8) is 0 Å². The molecule has 1 fully saturated rings. The van der Waals surface area contributed by atoms with Crippen LogP contribution < -0.4 is 16.1 Å². The largest absolute Gasteiger partial charge is 0.379 e. The lowest BCUT2D eigenvalue weighted by molar-refractivity contribution is -0.112. The molecule has 0 atom stereocenters. The second kappa shape index (κ2) is 13.2. The standard InChI is InChI=1S/C31H32ClFN6O3/c1-20(30(34)40)37-39(25-9-6-22(33)7-10-25)29-4-2-3-21-5-8-24(18-26(21)29)36-31(41)27-17-23(35-19-28(27)32)11-12-38-13-15-42-16-14-38/h4-10,17-19H,2-3,11-16H2,1H3,(H2,34,40)(H,36,41)/b37-20+. The molecule has 2 aliphatic rings. The predicted octanol–water partition coefficient (Wildman–Crippen LogP) is 4.66. The number of ether oxygens (including phenoxy) is 1. The minimum atomic E-state index is -0.668. The van der Waals surface area contributed by atoms with E-state index in [2.05, 4.69) is 20.3 Å². The molecule has 3 N–H and O–H groups in total. The monoisotopic (exact) mass is 590 g/mol. The van der Waals surface area contributed by atoms with E-state index in [4.69, 9.17) is 22.1 Å². The number of halogens is 2. The number of allylic oxidation sites excluding steroid dienone is 1. The van der Waals surface area contributed by atoms with Gasteiger partial charge in [-0.2, -0.15) is 5.10 Å². The Balaban J connectivity index is 1.39. The van der Waals surface area contributed by atoms with E-state index in [1.807, 2.05) is 24.3 Å². The Hall–Kier alpha value is -4.12. The summed E-state index contributed by atoms with van der Waals surface area (Å²) in [7, 11) is 0. The Labute approximate surface area is 248 Å². The van der Waals surface area contributed by atoms with Crippen LogP contribution in [0.1, 0.15) is 40.5 Å². The molecule has 0 radical (unpaired) electrons. The summed E-state index contributed by atoms with van der Waals surface area (Å²) in [6.07, 6.45) is 5.71. The number of amides is 2. The van der Waals surface area contributed by atoms with Crippen molar-refractivity contribution in [2.24, 2.45) is 10.8 Å². The predicted molar refractivity (Wildman–Crippen MR) is 162 cm³/mol. The number of benzene rings is 2. The first-order chi connectivity index (χ1) is 20.3. The molecule has 0 bridgehead atoms. The zero-order chi connectivity index (χ0) is 29.6. The number of pyridine rings is 1. The van der Waals surface area contributed by atoms with Gasteiger partial charge < -0.3 is 15.8 Å². The number of aryl methyl sites for hydroxylation is 1. The fourth-order valence-electron chi connectivity index (χ4n) is 4.91. The van der Waals surface area contributed by atoms with Gasteiger partial charge >= 0.3 is 0 Å². The molecule has 0 saturated carbocycles. The highest BCUT2D eigenvalue weighted by Gasteiger charge is 2.22. The molecule has 42 heavy (non-hydrogen) atoms. The van der Waals surface area contributed by atoms with Crippen molar-refractivity contribution in [3.8, 4) is 0 Å². The zero-order valence-electron chi connectivity index (χ0n) is 23.3. The summed E-state index contributed by atoms with van der Waals surface area (Å²) in [5, 5.41) is 9.27. The van der Waals surface area contributed by atoms with Gasteiger partial charge in [-0.1, -0.05) is 23.7 Å². The number of carbonyl (C=O) groups excluding carboxylic acids is 2. The van der Waals surface area contributed by atoms with Gasteiger partial charge in [0.2, 0.25) is 0 Å². The van der Waals surface area contributed by atoms with Gasteiger partial charge in [-0.3, -0.25) is 19.5 Å². The van der Waals surface area contributed by atoms with Gasteiger partial charge in [-0.05, 0) is 67.8 Å². The summed E-state index contributed by atoms with van der Waals surface area (Å²) < 4.78 is 19.1. The minimum Gasteiger partial charge on any atom is -0.379 e. The van der Waals surface area contributed by atoms with Crippen LogP contribution in [-0.4, -0.2) is 60.3 Å². The van der Waals surface area contributed by atoms with Crippen molar-refractivity contribution in [1.29, 1.82) is 0 Å². The lowest BCUT2D eigenvalue weighted by Crippen LogP contribution is -2.37. The number of hydrogen-bond acceptors (Lipinski definition) is 7. The molecule has 0 unspecified atom stereocenters. The lowest BCUT2D eigenvalue weighted by atomic mass is 9.93. The topological polar surface area (TPSA) is 113 Å². The third-order valence-corrected chi connectivity index (χ3v) is 7.55. The number of hydrazone groups is 1. The maximum Gasteiger partial charge on any atom is 0.264 e. The fourth-order valence-corrected chi connectivity index (χ4v) is 5.10. The summed E-state index contributed by atoms with van der Waals surface area (Å²) in [5.41, 5.74) is 10.3. The van der Waals surface area contributed by atoms with Gasteiger partial charge in [0, 0.05) is 49.2 Å². The summed E-state index contributed by atoms with van der Waals surface area (Å²) in [5.74, 6) is -1.41. The van der Waals surface area contributed by atoms with Crippen molar-refractivity contribution in [2.75, 3.05) is 43.2 Å². The van der Waals surface area contributed by atoms with E-state index in [9.17, 15) is 14.0 Å². The van der Waals surface area contributed by atoms with Crippen molar-refractivity contribution < 1.29 is 18.7 Å². The Morgan fingerprint density at radius 3 is 2.67 bits per heavy atom. The van der Waals surface area contributed by atoms with E-state index >= 15 is 0 Å². The zero-order valence-corrected chi connectivity index (χ0v) is 24.0. The molecule has 5 rings (SSSR count). The second-order valence-electron chi connectivity index (χ2n) is 10.2. The van der Waals surface area contributed by atoms with E-state index in [0.29, 0.717) is 29.1 Å². The number of nitrogens with two attached hydrogens (primary N) is 1. The number of aromatic nitrogens is 1. The number of carbonyl (C=O) groups is 2. The summed E-state index contributed by atoms with van der Waals surface area (Å²) in [6.45, 7) is 5.54. The van der Waals surface area contributed by atoms with Crippen molar-refractivity contribution in [1.82, 2.24) is 9.88 Å². The van der Waals surface area contributed by atoms with Crippen LogP contribution in [0.2, 0.25) is 5.02 Å². The first-order valence-electron chi connectivity index (χ1n) is 13.8. The smallest absolute Gasteiger partial charge is 0.264 e. The number of anilines is 2. The number of primary amides is 1. The fraction of sp³-hybridized carbons (Fsp3) is 0.290. The van der Waals surface area contributed by atoms with Gasteiger partial charge in [0.15, 0.2) is 0 Å². The van der Waals surface area contributed by atoms with Crippen LogP contribution in [-0.2, 0) is 22.4 Å². The third kappa shape index (κ3) is 7.02. The molecule has 2 heterocycles. The lowest BCUT2D eigenvalue weighted by Gasteiger charge is -2.28. The van der Waals surface area contributed by atoms with Crippen molar-refractivity contribution in [3.05, 3.63) is 94.0 Å². The summed E-state index contributed by atoms with van der Waals surface area (Å²) >= 11 is 6.39. The highest BCUT2D eigenvalue weighted by atomic mass is 35.5. The molecule has 1 aromatic heterocycles. The first-order valence-corrected chi connectivity index (χ1v) is 14.2. The van der Waals surface area contributed by atoms with Gasteiger partial charge in [0.25, 0.3) is 11.8 Å². The Bertz CT molecular complexity index is 1540. The molecule has 11 heteroatoms. The van der Waals surface area contributed by atoms with Crippen LogP contribution in [0.5, 0.6) is 0 Å². The van der Waals surface area contributed by atoms with Crippen LogP contribution in [0.3, 0.4) is 0 Å². The van der Waals surface area contributed by atoms with E-state index in [0.717, 1.165) is 62.5 Å². The van der Waals surface area contributed by atoms with Crippen molar-refractivity contribution in [2.45, 2.75) is 26.2 Å². The molecular formula is C31H32ClFN6O3. The maximum absolute atomic E-state index is 13.7. The summed E-state index contributed by atoms with van der Waals surface area (Å²) in [4.78, 5) is 31.9. The van der Waals surface area contributed by atoms with Gasteiger partial charge in [-0.15, -0.1) is 0 Å². The van der Waals surface area contributed by atoms with Gasteiger partial charge in [-0.25, -0.2) is 9.40 Å². The SMILES string of the molecule is C/C(=N\N(C1=CCCc2ccc(NC(=O)c3cc(CCN4CCOCC4)ncc3Cl)cc21)c1ccc(F)cc1)C(N)=O. The number of nitrogens with zero attached hydrogens (tertiary/aromatic N) is 4. The van der Waals surface area contributed by atoms with Gasteiger partial charge in [0.1, 0.15) is 11.5 Å². The van der Waals surface area contributed by atoms with E-state index in [1.165, 1.54) is 25.3 Å². The Morgan fingerprint density at radius 1 is 1.17 bits per heavy atom. The Kier molecular flexibility index (Phi) is 9.26. The average Bonchev–Trinajstić information content (AvgIpc) is 3.00. The van der Waals surface area contributed by atoms with Crippen LogP contribution in [0.15, 0.2) is 65.9 Å². The highest BCUT2D eigenvalue weighted by molar-refractivity contribution is 6.37. The number of morpholine rings is 1. The highest BCUT2D eigenvalue weighted by Crippen LogP contribution is 2.35. The van der Waals surface area contributed by atoms with Crippen LogP contribution >= 0.6 is 11.6 Å². The van der Waals surface area contributed by atoms with E-state index < -0.39 is 11.7 Å². The van der Waals surface area contributed by atoms with Crippen LogP contribution in [0.4, 0.5) is 15.8 Å². The number of rotatable bonds is 9. The van der Waals surface area contributed by atoms with Crippen LogP contribution in [0.25, 0.3) is 5.70 Å². The second-order valence-corrected chi connectivity index (χ2v) is 10.6.